The van der Waals surface area contributed by atoms with E-state index in [0.717, 1.165) is 0 Å². The highest BCUT2D eigenvalue weighted by atomic mass is 16.4. The van der Waals surface area contributed by atoms with Gasteiger partial charge in [0.15, 0.2) is 17.9 Å². The van der Waals surface area contributed by atoms with E-state index in [9.17, 15) is 63.0 Å². The van der Waals surface area contributed by atoms with Gasteiger partial charge in [0.25, 0.3) is 0 Å². The highest BCUT2D eigenvalue weighted by molar-refractivity contribution is 5.99. The van der Waals surface area contributed by atoms with Gasteiger partial charge in [-0.2, -0.15) is 0 Å². The first-order valence-corrected chi connectivity index (χ1v) is 30.0. The van der Waals surface area contributed by atoms with E-state index in [1.54, 1.807) is 55.4 Å². The van der Waals surface area contributed by atoms with Crippen LogP contribution in [0.2, 0.25) is 0 Å². The lowest BCUT2D eigenvalue weighted by molar-refractivity contribution is -0.142. The number of hydrogen-bond acceptors (Lipinski definition) is 16. The molecule has 33 heteroatoms. The maximum atomic E-state index is 14.4. The highest BCUT2D eigenvalue weighted by Crippen LogP contribution is 2.16. The molecule has 33 nitrogen and oxygen atoms in total. The standard InChI is InChI=1S/C57H100N20O13/c1-10-31(8)44(53(88)69-32(9)45(80)72-38(24-28(2)3)49(84)70-36(15-12-22-67-56(62)63)47(82)75-41(54(89)90)26-33-17-19-34(78)20-18-33)77-48(83)37(16-13-23-68-57(64)65)71-50(85)39(25-29(4)5)73-51(86)40(27-42(59)79)74-52(87)43(30(6)7)76-46(81)35(58)14-11-21-66-55(60)61/h17-20,28-32,35-41,43-44,78H,10-16,21-27,58H2,1-9H3,(H2,59,79)(H,69,88)(H,70,84)(H,71,85)(H,72,80)(H,73,86)(H,74,87)(H,75,82)(H,76,81)(H,77,83)(H,89,90)(H4,60,61,66)(H4,62,63,67)(H4,64,65,68)/t31-,32-,35-,36-,37-,38-,39-,40-,41-,43-,44-/m0/s1. The summed E-state index contributed by atoms with van der Waals surface area (Å²) < 4.78 is 0. The molecule has 90 heavy (non-hydrogen) atoms. The number of nitrogens with one attached hydrogen (secondary N) is 9. The number of benzene rings is 1. The Balaban J connectivity index is 3.49. The summed E-state index contributed by atoms with van der Waals surface area (Å²) in [4.78, 5) is 162. The Hall–Kier alpha value is -9.04. The quantitative estimate of drug-likeness (QED) is 0.0167. The number of phenolic OH excluding ortho intramolecular Hbond substituents is 1. The normalized spacial score (nSPS) is 14.8. The first-order chi connectivity index (χ1) is 42.1. The van der Waals surface area contributed by atoms with Crippen LogP contribution in [0.25, 0.3) is 0 Å². The number of aromatic hydroxyl groups is 1. The summed E-state index contributed by atoms with van der Waals surface area (Å²) in [5.41, 5.74) is 44.8. The summed E-state index contributed by atoms with van der Waals surface area (Å²) in [6.45, 7) is 15.3. The van der Waals surface area contributed by atoms with Crippen LogP contribution in [0.15, 0.2) is 39.2 Å². The Morgan fingerprint density at radius 1 is 0.456 bits per heavy atom. The van der Waals surface area contributed by atoms with Crippen molar-refractivity contribution in [3.8, 4) is 5.75 Å². The topological polar surface area (TPSA) is 582 Å². The lowest BCUT2D eigenvalue weighted by atomic mass is 9.96. The summed E-state index contributed by atoms with van der Waals surface area (Å²) in [5.74, 6) is -12.4. The maximum Gasteiger partial charge on any atom is 0.326 e. The molecule has 0 saturated heterocycles. The second kappa shape index (κ2) is 40.5. The number of carbonyl (C=O) groups is 11. The van der Waals surface area contributed by atoms with Gasteiger partial charge in [0, 0.05) is 26.1 Å². The third kappa shape index (κ3) is 31.2. The number of amides is 10. The Labute approximate surface area is 525 Å². The lowest BCUT2D eigenvalue weighted by Crippen LogP contribution is -2.61. The van der Waals surface area contributed by atoms with Gasteiger partial charge >= 0.3 is 5.97 Å². The van der Waals surface area contributed by atoms with E-state index in [1.165, 1.54) is 31.2 Å². The van der Waals surface area contributed by atoms with E-state index in [1.807, 2.05) is 0 Å². The predicted molar refractivity (Wildman–Crippen MR) is 337 cm³/mol. The minimum absolute atomic E-state index is 0.00407. The van der Waals surface area contributed by atoms with Crippen molar-refractivity contribution in [1.82, 2.24) is 47.9 Å². The zero-order chi connectivity index (χ0) is 68.5. The van der Waals surface area contributed by atoms with E-state index < -0.39 is 144 Å². The molecule has 0 aromatic heterocycles. The van der Waals surface area contributed by atoms with E-state index in [0.29, 0.717) is 18.4 Å². The fourth-order valence-electron chi connectivity index (χ4n) is 8.85. The first kappa shape index (κ1) is 79.0. The summed E-state index contributed by atoms with van der Waals surface area (Å²) >= 11 is 0. The van der Waals surface area contributed by atoms with Crippen LogP contribution in [-0.4, -0.2) is 173 Å². The van der Waals surface area contributed by atoms with Crippen LogP contribution in [0.3, 0.4) is 0 Å². The van der Waals surface area contributed by atoms with Crippen molar-refractivity contribution < 1.29 is 63.0 Å². The second-order valence-corrected chi connectivity index (χ2v) is 23.3. The fraction of sp³-hybridized carbons (Fsp3) is 0.649. The average Bonchev–Trinajstić information content (AvgIpc) is 1.69. The molecule has 0 aliphatic heterocycles. The zero-order valence-electron chi connectivity index (χ0n) is 53.1. The number of carboxylic acid groups (broad SMARTS) is 1. The van der Waals surface area contributed by atoms with E-state index in [2.05, 4.69) is 62.8 Å². The van der Waals surface area contributed by atoms with Crippen molar-refractivity contribution in [2.45, 2.75) is 193 Å². The number of hydrogen-bond donors (Lipinski definition) is 19. The van der Waals surface area contributed by atoms with Crippen molar-refractivity contribution in [3.63, 3.8) is 0 Å². The molecule has 0 heterocycles. The molecule has 0 fully saturated rings. The van der Waals surface area contributed by atoms with Gasteiger partial charge in [-0.3, -0.25) is 62.9 Å². The SMILES string of the molecule is CC[C@H](C)[C@H](NC(=O)[C@H](CCCN=C(N)N)NC(=O)[C@H](CC(C)C)NC(=O)[C@H](CC(N)=O)NC(=O)[C@@H](NC(=O)[C@@H](N)CCCN=C(N)N)C(C)C)C(=O)N[C@@H](C)C(=O)N[C@@H](CC(C)C)C(=O)N[C@@H](CCCN=C(N)N)C(=O)N[C@@H](Cc1ccc(O)cc1)C(=O)O. The van der Waals surface area contributed by atoms with Crippen LogP contribution in [0, 0.1) is 23.7 Å². The van der Waals surface area contributed by atoms with Crippen LogP contribution < -0.4 is 93.7 Å². The second-order valence-electron chi connectivity index (χ2n) is 23.3. The monoisotopic (exact) mass is 1270 g/mol. The molecule has 506 valence electrons. The molecular formula is C57H100N20O13. The molecule has 0 bridgehead atoms. The maximum absolute atomic E-state index is 14.4. The molecule has 0 aliphatic carbocycles. The van der Waals surface area contributed by atoms with Crippen molar-refractivity contribution in [2.75, 3.05) is 19.6 Å². The van der Waals surface area contributed by atoms with Crippen LogP contribution in [-0.2, 0) is 59.2 Å². The van der Waals surface area contributed by atoms with E-state index in [4.69, 9.17) is 45.9 Å². The first-order valence-electron chi connectivity index (χ1n) is 30.0. The van der Waals surface area contributed by atoms with Crippen molar-refractivity contribution >= 4 is 82.9 Å². The Kier molecular flexibility index (Phi) is 35.5. The molecule has 0 saturated carbocycles. The average molecular weight is 1270 g/mol. The zero-order valence-corrected chi connectivity index (χ0v) is 53.1. The van der Waals surface area contributed by atoms with Gasteiger partial charge in [0.1, 0.15) is 60.1 Å². The van der Waals surface area contributed by atoms with Crippen molar-refractivity contribution in [3.05, 3.63) is 29.8 Å². The number of nitrogens with two attached hydrogens (primary N) is 8. The molecule has 0 unspecified atom stereocenters. The van der Waals surface area contributed by atoms with Crippen LogP contribution in [0.4, 0.5) is 0 Å². The number of aliphatic imine (C=N–C) groups is 3. The third-order valence-electron chi connectivity index (χ3n) is 14.0. The smallest absolute Gasteiger partial charge is 0.326 e. The van der Waals surface area contributed by atoms with Gasteiger partial charge in [-0.05, 0) is 99.7 Å². The fourth-order valence-corrected chi connectivity index (χ4v) is 8.85. The van der Waals surface area contributed by atoms with Crippen LogP contribution >= 0.6 is 0 Å². The van der Waals surface area contributed by atoms with Gasteiger partial charge in [0.2, 0.25) is 59.1 Å². The van der Waals surface area contributed by atoms with E-state index >= 15 is 0 Å². The van der Waals surface area contributed by atoms with Crippen molar-refractivity contribution in [1.29, 1.82) is 0 Å². The third-order valence-corrected chi connectivity index (χ3v) is 14.0. The number of rotatable bonds is 42. The Morgan fingerprint density at radius 2 is 0.833 bits per heavy atom. The number of guanidine groups is 3. The van der Waals surface area contributed by atoms with Crippen LogP contribution in [0.5, 0.6) is 5.75 Å². The minimum Gasteiger partial charge on any atom is -0.508 e. The summed E-state index contributed by atoms with van der Waals surface area (Å²) in [5, 5.41) is 43.0. The lowest BCUT2D eigenvalue weighted by Gasteiger charge is -2.30. The van der Waals surface area contributed by atoms with Gasteiger partial charge in [-0.1, -0.05) is 73.9 Å². The highest BCUT2D eigenvalue weighted by Gasteiger charge is 2.37. The van der Waals surface area contributed by atoms with Gasteiger partial charge in [-0.15, -0.1) is 0 Å². The molecule has 1 aromatic carbocycles. The molecule has 27 N–H and O–H groups in total. The number of nitrogens with zero attached hydrogens (tertiary/aromatic N) is 3. The Morgan fingerprint density at radius 3 is 1.26 bits per heavy atom. The molecule has 0 spiro atoms. The minimum atomic E-state index is -1.66. The number of carboxylic acids is 1. The van der Waals surface area contributed by atoms with Gasteiger partial charge < -0.3 is 104 Å². The number of aliphatic carboxylic acids is 1. The molecule has 11 atom stereocenters. The predicted octanol–water partition coefficient (Wildman–Crippen LogP) is -4.44. The van der Waals surface area contributed by atoms with E-state index in [-0.39, 0.29) is 106 Å². The van der Waals surface area contributed by atoms with Crippen LogP contribution in [0.1, 0.15) is 132 Å². The van der Waals surface area contributed by atoms with Gasteiger partial charge in [-0.25, -0.2) is 4.79 Å². The molecular weight excluding hydrogens is 1170 g/mol. The number of primary amides is 1. The molecule has 0 aliphatic rings. The molecule has 0 radical (unpaired) electrons. The summed E-state index contributed by atoms with van der Waals surface area (Å²) in [7, 11) is 0. The summed E-state index contributed by atoms with van der Waals surface area (Å²) in [6.07, 6.45) is -0.0110. The number of phenols is 1. The largest absolute Gasteiger partial charge is 0.508 e. The summed E-state index contributed by atoms with van der Waals surface area (Å²) in [6, 6.07) is -7.92. The molecule has 10 amide bonds. The molecule has 1 rings (SSSR count). The Bertz CT molecular complexity index is 2640. The van der Waals surface area contributed by atoms with Crippen molar-refractivity contribution in [2.24, 2.45) is 84.5 Å². The molecule has 1 aromatic rings. The number of carbonyl (C=O) groups excluding carboxylic acids is 10. The van der Waals surface area contributed by atoms with Gasteiger partial charge in [0.05, 0.1) is 12.5 Å².